The molecule has 0 aliphatic rings. The molecule has 0 fully saturated rings. The lowest BCUT2D eigenvalue weighted by Gasteiger charge is -2.06. The van der Waals surface area contributed by atoms with Gasteiger partial charge in [0.25, 0.3) is 0 Å². The highest BCUT2D eigenvalue weighted by Crippen LogP contribution is 2.15. The molecule has 0 aliphatic heterocycles. The van der Waals surface area contributed by atoms with Crippen molar-refractivity contribution in [2.24, 2.45) is 5.73 Å². The number of aromatic hydroxyl groups is 1. The van der Waals surface area contributed by atoms with Crippen molar-refractivity contribution < 1.29 is 9.90 Å². The van der Waals surface area contributed by atoms with Crippen LogP contribution in [0, 0.1) is 0 Å². The van der Waals surface area contributed by atoms with Gasteiger partial charge in [0.05, 0.1) is 0 Å². The summed E-state index contributed by atoms with van der Waals surface area (Å²) in [5.74, 6) is 0.0969. The first-order chi connectivity index (χ1) is 7.58. The Morgan fingerprint density at radius 3 is 2.94 bits per heavy atom. The Bertz CT molecular complexity index is 351. The van der Waals surface area contributed by atoms with Crippen molar-refractivity contribution in [1.82, 2.24) is 0 Å². The van der Waals surface area contributed by atoms with Gasteiger partial charge in [0.1, 0.15) is 5.75 Å². The van der Waals surface area contributed by atoms with Gasteiger partial charge in [-0.1, -0.05) is 6.07 Å². The third-order valence-corrected chi connectivity index (χ3v) is 2.19. The zero-order chi connectivity index (χ0) is 12.0. The zero-order valence-corrected chi connectivity index (χ0v) is 9.44. The average Bonchev–Trinajstić information content (AvgIpc) is 2.16. The molecule has 0 saturated heterocycles. The fraction of sp³-hybridized carbons (Fsp3) is 0.417. The average molecular weight is 222 g/mol. The van der Waals surface area contributed by atoms with E-state index in [1.807, 2.05) is 6.92 Å². The van der Waals surface area contributed by atoms with E-state index in [-0.39, 0.29) is 17.7 Å². The van der Waals surface area contributed by atoms with Gasteiger partial charge in [0.2, 0.25) is 5.91 Å². The third kappa shape index (κ3) is 4.79. The van der Waals surface area contributed by atoms with Gasteiger partial charge in [-0.05, 0) is 31.9 Å². The molecule has 4 nitrogen and oxygen atoms in total. The first-order valence-corrected chi connectivity index (χ1v) is 5.42. The van der Waals surface area contributed by atoms with E-state index in [0.29, 0.717) is 12.1 Å². The van der Waals surface area contributed by atoms with E-state index in [1.54, 1.807) is 18.2 Å². The molecule has 0 heterocycles. The van der Waals surface area contributed by atoms with Crippen LogP contribution in [0.2, 0.25) is 0 Å². The van der Waals surface area contributed by atoms with E-state index < -0.39 is 0 Å². The summed E-state index contributed by atoms with van der Waals surface area (Å²) in [4.78, 5) is 11.5. The number of anilines is 1. The maximum absolute atomic E-state index is 11.5. The van der Waals surface area contributed by atoms with Crippen LogP contribution >= 0.6 is 0 Å². The summed E-state index contributed by atoms with van der Waals surface area (Å²) in [6.45, 7) is 1.92. The van der Waals surface area contributed by atoms with E-state index in [2.05, 4.69) is 5.32 Å². The minimum absolute atomic E-state index is 0.0498. The fourth-order valence-corrected chi connectivity index (χ4v) is 1.39. The molecule has 0 saturated carbocycles. The van der Waals surface area contributed by atoms with Gasteiger partial charge in [-0.2, -0.15) is 0 Å². The van der Waals surface area contributed by atoms with Gasteiger partial charge in [0.15, 0.2) is 0 Å². The van der Waals surface area contributed by atoms with Gasteiger partial charge in [0, 0.05) is 24.2 Å². The standard InChI is InChI=1S/C12H18N2O2/c1-9(13)4-2-7-12(16)14-10-5-3-6-11(15)8-10/h3,5-6,8-9,15H,2,4,7,13H2,1H3,(H,14,16). The molecular formula is C12H18N2O2. The molecule has 0 aromatic heterocycles. The lowest BCUT2D eigenvalue weighted by Crippen LogP contribution is -2.16. The van der Waals surface area contributed by atoms with Crippen LogP contribution in [0.15, 0.2) is 24.3 Å². The molecule has 88 valence electrons. The van der Waals surface area contributed by atoms with Crippen LogP contribution in [0.3, 0.4) is 0 Å². The van der Waals surface area contributed by atoms with Crippen molar-refractivity contribution in [1.29, 1.82) is 0 Å². The van der Waals surface area contributed by atoms with E-state index in [0.717, 1.165) is 12.8 Å². The summed E-state index contributed by atoms with van der Waals surface area (Å²) in [5.41, 5.74) is 6.20. The highest BCUT2D eigenvalue weighted by Gasteiger charge is 2.03. The number of carbonyl (C=O) groups excluding carboxylic acids is 1. The molecule has 0 spiro atoms. The molecule has 16 heavy (non-hydrogen) atoms. The molecule has 0 aliphatic carbocycles. The summed E-state index contributed by atoms with van der Waals surface area (Å²) in [7, 11) is 0. The number of nitrogens with two attached hydrogens (primary N) is 1. The predicted octanol–water partition coefficient (Wildman–Crippen LogP) is 1.85. The highest BCUT2D eigenvalue weighted by atomic mass is 16.3. The second kappa shape index (κ2) is 6.12. The summed E-state index contributed by atoms with van der Waals surface area (Å²) >= 11 is 0. The molecule has 1 aromatic carbocycles. The van der Waals surface area contributed by atoms with Crippen LogP contribution in [0.4, 0.5) is 5.69 Å². The Morgan fingerprint density at radius 1 is 1.56 bits per heavy atom. The van der Waals surface area contributed by atoms with Gasteiger partial charge in [-0.15, -0.1) is 0 Å². The van der Waals surface area contributed by atoms with Crippen LogP contribution in [0.5, 0.6) is 5.75 Å². The minimum Gasteiger partial charge on any atom is -0.508 e. The SMILES string of the molecule is CC(N)CCCC(=O)Nc1cccc(O)c1. The van der Waals surface area contributed by atoms with E-state index in [1.165, 1.54) is 6.07 Å². The van der Waals surface area contributed by atoms with Crippen molar-refractivity contribution in [3.8, 4) is 5.75 Å². The minimum atomic E-state index is -0.0498. The fourth-order valence-electron chi connectivity index (χ4n) is 1.39. The van der Waals surface area contributed by atoms with Crippen molar-refractivity contribution in [2.75, 3.05) is 5.32 Å². The molecule has 1 amide bonds. The second-order valence-electron chi connectivity index (χ2n) is 3.97. The van der Waals surface area contributed by atoms with Gasteiger partial charge in [-0.3, -0.25) is 4.79 Å². The number of phenols is 1. The van der Waals surface area contributed by atoms with E-state index in [9.17, 15) is 9.90 Å². The first-order valence-electron chi connectivity index (χ1n) is 5.42. The Kier molecular flexibility index (Phi) is 4.79. The van der Waals surface area contributed by atoms with Crippen molar-refractivity contribution in [3.05, 3.63) is 24.3 Å². The summed E-state index contributed by atoms with van der Waals surface area (Å²) < 4.78 is 0. The molecule has 1 aromatic rings. The largest absolute Gasteiger partial charge is 0.508 e. The lowest BCUT2D eigenvalue weighted by atomic mass is 10.1. The van der Waals surface area contributed by atoms with E-state index >= 15 is 0 Å². The Balaban J connectivity index is 2.34. The van der Waals surface area contributed by atoms with Crippen molar-refractivity contribution >= 4 is 11.6 Å². The first kappa shape index (κ1) is 12.5. The number of nitrogens with one attached hydrogen (secondary N) is 1. The molecule has 4 N–H and O–H groups in total. The molecule has 1 rings (SSSR count). The van der Waals surface area contributed by atoms with Crippen molar-refractivity contribution in [2.45, 2.75) is 32.2 Å². The van der Waals surface area contributed by atoms with Gasteiger partial charge in [-0.25, -0.2) is 0 Å². The zero-order valence-electron chi connectivity index (χ0n) is 9.44. The van der Waals surface area contributed by atoms with Gasteiger partial charge < -0.3 is 16.2 Å². The Morgan fingerprint density at radius 2 is 2.31 bits per heavy atom. The topological polar surface area (TPSA) is 75.4 Å². The third-order valence-electron chi connectivity index (χ3n) is 2.19. The Labute approximate surface area is 95.5 Å². The molecular weight excluding hydrogens is 204 g/mol. The van der Waals surface area contributed by atoms with Crippen molar-refractivity contribution in [3.63, 3.8) is 0 Å². The normalized spacial score (nSPS) is 12.1. The quantitative estimate of drug-likeness (QED) is 0.711. The van der Waals surface area contributed by atoms with Crippen LogP contribution in [-0.4, -0.2) is 17.1 Å². The summed E-state index contributed by atoms with van der Waals surface area (Å²) in [6.07, 6.45) is 2.08. The summed E-state index contributed by atoms with van der Waals surface area (Å²) in [6, 6.07) is 6.64. The highest BCUT2D eigenvalue weighted by molar-refractivity contribution is 5.90. The lowest BCUT2D eigenvalue weighted by molar-refractivity contribution is -0.116. The molecule has 0 bridgehead atoms. The maximum Gasteiger partial charge on any atom is 0.224 e. The van der Waals surface area contributed by atoms with Crippen LogP contribution in [-0.2, 0) is 4.79 Å². The second-order valence-corrected chi connectivity index (χ2v) is 3.97. The number of amides is 1. The monoisotopic (exact) mass is 222 g/mol. The maximum atomic E-state index is 11.5. The molecule has 4 heteroatoms. The molecule has 1 unspecified atom stereocenters. The van der Waals surface area contributed by atoms with Gasteiger partial charge >= 0.3 is 0 Å². The van der Waals surface area contributed by atoms with Crippen LogP contribution in [0.25, 0.3) is 0 Å². The van der Waals surface area contributed by atoms with Crippen LogP contribution in [0.1, 0.15) is 26.2 Å². The number of phenolic OH excluding ortho intramolecular Hbond substituents is 1. The number of benzene rings is 1. The molecule has 0 radical (unpaired) electrons. The Hall–Kier alpha value is -1.55. The number of hydrogen-bond acceptors (Lipinski definition) is 3. The van der Waals surface area contributed by atoms with E-state index in [4.69, 9.17) is 5.73 Å². The number of hydrogen-bond donors (Lipinski definition) is 3. The van der Waals surface area contributed by atoms with Crippen LogP contribution < -0.4 is 11.1 Å². The predicted molar refractivity (Wildman–Crippen MR) is 64.2 cm³/mol. The number of carbonyl (C=O) groups is 1. The molecule has 1 atom stereocenters. The number of rotatable bonds is 5. The smallest absolute Gasteiger partial charge is 0.224 e. The summed E-state index contributed by atoms with van der Waals surface area (Å²) in [5, 5.41) is 11.9.